The van der Waals surface area contributed by atoms with Crippen LogP contribution in [0.5, 0.6) is 11.5 Å². The average molecular weight is 355 g/mol. The first-order valence-corrected chi connectivity index (χ1v) is 7.03. The summed E-state index contributed by atoms with van der Waals surface area (Å²) in [6, 6.07) is 9.98. The third-order valence-corrected chi connectivity index (χ3v) is 3.80. The van der Waals surface area contributed by atoms with E-state index in [2.05, 4.69) is 21.4 Å². The third kappa shape index (κ3) is 3.34. The maximum atomic E-state index is 13.8. The molecule has 2 rings (SSSR count). The summed E-state index contributed by atoms with van der Waals surface area (Å²) in [5.74, 6) is 6.12. The molecule has 2 aromatic carbocycles. The van der Waals surface area contributed by atoms with Crippen LogP contribution in [0.2, 0.25) is 0 Å². The van der Waals surface area contributed by atoms with Gasteiger partial charge in [0.05, 0.1) is 24.7 Å². The van der Waals surface area contributed by atoms with Crippen molar-refractivity contribution in [3.63, 3.8) is 0 Å². The smallest absolute Gasteiger partial charge is 0.165 e. The minimum absolute atomic E-state index is 0.199. The van der Waals surface area contributed by atoms with Gasteiger partial charge in [-0.2, -0.15) is 0 Å². The van der Waals surface area contributed by atoms with Crippen LogP contribution in [0.4, 0.5) is 4.39 Å². The largest absolute Gasteiger partial charge is 0.496 e. The number of benzene rings is 2. The summed E-state index contributed by atoms with van der Waals surface area (Å²) in [4.78, 5) is 0. The van der Waals surface area contributed by atoms with Crippen LogP contribution in [0.3, 0.4) is 0 Å². The van der Waals surface area contributed by atoms with Crippen molar-refractivity contribution in [2.75, 3.05) is 14.2 Å². The molecule has 0 aliphatic heterocycles. The molecule has 1 atom stereocenters. The molecule has 0 aliphatic carbocycles. The number of methoxy groups -OCH3 is 2. The summed E-state index contributed by atoms with van der Waals surface area (Å²) in [7, 11) is 3.02. The molecular formula is C15H16BrFN2O2. The first-order chi connectivity index (χ1) is 10.1. The Morgan fingerprint density at radius 1 is 1.05 bits per heavy atom. The zero-order valence-corrected chi connectivity index (χ0v) is 13.3. The predicted molar refractivity (Wildman–Crippen MR) is 82.8 cm³/mol. The number of nitrogens with two attached hydrogens (primary N) is 1. The molecular weight excluding hydrogens is 339 g/mol. The molecule has 0 fully saturated rings. The Balaban J connectivity index is 2.39. The second-order valence-electron chi connectivity index (χ2n) is 4.39. The van der Waals surface area contributed by atoms with Crippen LogP contribution in [0.25, 0.3) is 0 Å². The van der Waals surface area contributed by atoms with Gasteiger partial charge in [0.25, 0.3) is 0 Å². The molecule has 21 heavy (non-hydrogen) atoms. The van der Waals surface area contributed by atoms with E-state index < -0.39 is 5.82 Å². The molecule has 0 spiro atoms. The second kappa shape index (κ2) is 6.89. The van der Waals surface area contributed by atoms with Crippen molar-refractivity contribution in [1.29, 1.82) is 0 Å². The highest BCUT2D eigenvalue weighted by molar-refractivity contribution is 9.10. The first kappa shape index (κ1) is 15.8. The van der Waals surface area contributed by atoms with Gasteiger partial charge in [0.1, 0.15) is 5.75 Å². The summed E-state index contributed by atoms with van der Waals surface area (Å²) < 4.78 is 24.8. The molecule has 4 nitrogen and oxygen atoms in total. The predicted octanol–water partition coefficient (Wildman–Crippen LogP) is 3.16. The average Bonchev–Trinajstić information content (AvgIpc) is 2.48. The number of hydrogen-bond acceptors (Lipinski definition) is 4. The number of nitrogens with one attached hydrogen (secondary N) is 1. The molecule has 6 heteroatoms. The quantitative estimate of drug-likeness (QED) is 0.639. The molecule has 0 bridgehead atoms. The summed E-state index contributed by atoms with van der Waals surface area (Å²) >= 11 is 3.43. The van der Waals surface area contributed by atoms with E-state index in [1.54, 1.807) is 19.2 Å². The van der Waals surface area contributed by atoms with Crippen LogP contribution in [-0.2, 0) is 0 Å². The first-order valence-electron chi connectivity index (χ1n) is 6.23. The fraction of sp³-hybridized carbons (Fsp3) is 0.200. The molecule has 0 radical (unpaired) electrons. The molecule has 0 aromatic heterocycles. The lowest BCUT2D eigenvalue weighted by atomic mass is 9.99. The van der Waals surface area contributed by atoms with E-state index in [0.717, 1.165) is 15.8 Å². The van der Waals surface area contributed by atoms with E-state index >= 15 is 0 Å². The molecule has 0 aliphatic rings. The van der Waals surface area contributed by atoms with Gasteiger partial charge in [-0.25, -0.2) is 9.82 Å². The summed E-state index contributed by atoms with van der Waals surface area (Å²) in [5, 5.41) is 0. The van der Waals surface area contributed by atoms with E-state index in [0.29, 0.717) is 5.56 Å². The van der Waals surface area contributed by atoms with E-state index in [4.69, 9.17) is 15.3 Å². The second-order valence-corrected chi connectivity index (χ2v) is 5.24. The molecule has 0 amide bonds. The fourth-order valence-corrected chi connectivity index (χ4v) is 2.67. The van der Waals surface area contributed by atoms with Crippen molar-refractivity contribution in [2.24, 2.45) is 5.84 Å². The number of rotatable bonds is 5. The van der Waals surface area contributed by atoms with Gasteiger partial charge < -0.3 is 9.47 Å². The highest BCUT2D eigenvalue weighted by Gasteiger charge is 2.16. The van der Waals surface area contributed by atoms with Crippen molar-refractivity contribution in [2.45, 2.75) is 6.04 Å². The van der Waals surface area contributed by atoms with Crippen molar-refractivity contribution < 1.29 is 13.9 Å². The summed E-state index contributed by atoms with van der Waals surface area (Å²) in [6.07, 6.45) is 0. The fourth-order valence-electron chi connectivity index (χ4n) is 2.11. The molecule has 0 heterocycles. The molecule has 1 unspecified atom stereocenters. The van der Waals surface area contributed by atoms with E-state index in [1.165, 1.54) is 13.2 Å². The summed E-state index contributed by atoms with van der Waals surface area (Å²) in [6.45, 7) is 0. The lowest BCUT2D eigenvalue weighted by Crippen LogP contribution is -2.28. The topological polar surface area (TPSA) is 56.5 Å². The van der Waals surface area contributed by atoms with Gasteiger partial charge in [-0.15, -0.1) is 0 Å². The minimum atomic E-state index is -0.428. The Morgan fingerprint density at radius 2 is 1.62 bits per heavy atom. The van der Waals surface area contributed by atoms with E-state index in [1.807, 2.05) is 18.2 Å². The van der Waals surface area contributed by atoms with Crippen LogP contribution in [-0.4, -0.2) is 14.2 Å². The maximum Gasteiger partial charge on any atom is 0.165 e. The van der Waals surface area contributed by atoms with Gasteiger partial charge in [0.2, 0.25) is 0 Å². The van der Waals surface area contributed by atoms with Crippen molar-refractivity contribution in [3.8, 4) is 11.5 Å². The third-order valence-electron chi connectivity index (χ3n) is 3.19. The Morgan fingerprint density at radius 3 is 2.10 bits per heavy atom. The Kier molecular flexibility index (Phi) is 5.17. The Labute approximate surface area is 131 Å². The van der Waals surface area contributed by atoms with Gasteiger partial charge in [-0.1, -0.05) is 12.1 Å². The van der Waals surface area contributed by atoms with E-state index in [-0.39, 0.29) is 11.8 Å². The number of hydrazine groups is 1. The SMILES string of the molecule is COc1ccc(C(NN)c2ccc(OC)c(Br)c2)cc1F. The molecule has 0 saturated heterocycles. The zero-order chi connectivity index (χ0) is 15.4. The maximum absolute atomic E-state index is 13.8. The number of ether oxygens (including phenoxy) is 2. The van der Waals surface area contributed by atoms with Crippen LogP contribution >= 0.6 is 15.9 Å². The highest BCUT2D eigenvalue weighted by Crippen LogP contribution is 2.31. The standard InChI is InChI=1S/C15H16BrFN2O2/c1-20-13-5-3-9(7-11(13)16)15(19-18)10-4-6-14(21-2)12(17)8-10/h3-8,15,19H,18H2,1-2H3. The van der Waals surface area contributed by atoms with Gasteiger partial charge in [0, 0.05) is 0 Å². The van der Waals surface area contributed by atoms with Crippen LogP contribution in [0.1, 0.15) is 17.2 Å². The van der Waals surface area contributed by atoms with Crippen LogP contribution in [0.15, 0.2) is 40.9 Å². The molecule has 3 N–H and O–H groups in total. The lowest BCUT2D eigenvalue weighted by molar-refractivity contribution is 0.385. The van der Waals surface area contributed by atoms with Crippen LogP contribution < -0.4 is 20.7 Å². The molecule has 2 aromatic rings. The van der Waals surface area contributed by atoms with E-state index in [9.17, 15) is 4.39 Å². The molecule has 0 saturated carbocycles. The lowest BCUT2D eigenvalue weighted by Gasteiger charge is -2.18. The Hall–Kier alpha value is -1.63. The number of halogens is 2. The molecule has 112 valence electrons. The normalized spacial score (nSPS) is 12.0. The van der Waals surface area contributed by atoms with Crippen LogP contribution in [0, 0.1) is 5.82 Å². The van der Waals surface area contributed by atoms with Crippen molar-refractivity contribution >= 4 is 15.9 Å². The van der Waals surface area contributed by atoms with Gasteiger partial charge in [0.15, 0.2) is 11.6 Å². The zero-order valence-electron chi connectivity index (χ0n) is 11.7. The van der Waals surface area contributed by atoms with Crippen molar-refractivity contribution in [3.05, 3.63) is 57.8 Å². The Bertz CT molecular complexity index is 584. The van der Waals surface area contributed by atoms with Crippen molar-refractivity contribution in [1.82, 2.24) is 5.43 Å². The van der Waals surface area contributed by atoms with Gasteiger partial charge in [-0.05, 0) is 51.3 Å². The number of hydrogen-bond donors (Lipinski definition) is 2. The van der Waals surface area contributed by atoms with Gasteiger partial charge >= 0.3 is 0 Å². The minimum Gasteiger partial charge on any atom is -0.496 e. The van der Waals surface area contributed by atoms with Gasteiger partial charge in [-0.3, -0.25) is 5.84 Å². The summed E-state index contributed by atoms with van der Waals surface area (Å²) in [5.41, 5.74) is 4.28. The highest BCUT2D eigenvalue weighted by atomic mass is 79.9. The monoisotopic (exact) mass is 354 g/mol.